The van der Waals surface area contributed by atoms with Crippen LogP contribution in [0.3, 0.4) is 0 Å². The molecule has 1 amide bonds. The second-order valence-corrected chi connectivity index (χ2v) is 4.68. The molecule has 0 aliphatic carbocycles. The zero-order valence-corrected chi connectivity index (χ0v) is 11.3. The van der Waals surface area contributed by atoms with E-state index in [4.69, 9.17) is 17.3 Å². The number of benzene rings is 1. The number of carbonyl (C=O) groups excluding carboxylic acids is 1. The Bertz CT molecular complexity index is 586. The summed E-state index contributed by atoms with van der Waals surface area (Å²) < 4.78 is 0. The van der Waals surface area contributed by atoms with Crippen molar-refractivity contribution < 1.29 is 4.79 Å². The molecule has 1 aromatic heterocycles. The normalized spacial score (nSPS) is 10.2. The van der Waals surface area contributed by atoms with Gasteiger partial charge in [0.15, 0.2) is 0 Å². The highest BCUT2D eigenvalue weighted by Gasteiger charge is 2.15. The molecular weight excluding hydrogens is 262 g/mol. The number of halogens is 1. The lowest BCUT2D eigenvalue weighted by molar-refractivity contribution is 0.0786. The summed E-state index contributed by atoms with van der Waals surface area (Å²) >= 11 is 5.82. The van der Waals surface area contributed by atoms with Crippen molar-refractivity contribution in [1.82, 2.24) is 9.88 Å². The van der Waals surface area contributed by atoms with Crippen molar-refractivity contribution in [3.05, 3.63) is 58.9 Å². The summed E-state index contributed by atoms with van der Waals surface area (Å²) in [6.07, 6.45) is 3.40. The maximum atomic E-state index is 12.3. The van der Waals surface area contributed by atoms with E-state index in [1.54, 1.807) is 42.5 Å². The molecule has 5 heteroatoms. The lowest BCUT2D eigenvalue weighted by atomic mass is 10.1. The van der Waals surface area contributed by atoms with Crippen molar-refractivity contribution in [2.45, 2.75) is 6.54 Å². The van der Waals surface area contributed by atoms with Crippen LogP contribution in [0.5, 0.6) is 0 Å². The Balaban J connectivity index is 2.15. The zero-order chi connectivity index (χ0) is 13.8. The average Bonchev–Trinajstić information content (AvgIpc) is 2.39. The molecule has 1 aromatic carbocycles. The van der Waals surface area contributed by atoms with Crippen LogP contribution in [-0.2, 0) is 6.54 Å². The van der Waals surface area contributed by atoms with Crippen molar-refractivity contribution in [2.75, 3.05) is 12.8 Å². The number of nitrogens with two attached hydrogens (primary N) is 1. The van der Waals surface area contributed by atoms with Crippen molar-refractivity contribution in [2.24, 2.45) is 0 Å². The molecule has 2 aromatic rings. The van der Waals surface area contributed by atoms with Gasteiger partial charge >= 0.3 is 0 Å². The van der Waals surface area contributed by atoms with Crippen LogP contribution in [0.25, 0.3) is 0 Å². The Morgan fingerprint density at radius 2 is 2.00 bits per heavy atom. The number of anilines is 1. The highest BCUT2D eigenvalue weighted by atomic mass is 35.5. The molecule has 0 radical (unpaired) electrons. The molecule has 2 N–H and O–H groups in total. The fourth-order valence-corrected chi connectivity index (χ4v) is 1.95. The highest BCUT2D eigenvalue weighted by Crippen LogP contribution is 2.19. The van der Waals surface area contributed by atoms with Gasteiger partial charge in [-0.2, -0.15) is 0 Å². The van der Waals surface area contributed by atoms with Crippen LogP contribution in [0.15, 0.2) is 42.7 Å². The zero-order valence-electron chi connectivity index (χ0n) is 10.5. The molecular formula is C14H14ClN3O. The average molecular weight is 276 g/mol. The van der Waals surface area contributed by atoms with Gasteiger partial charge in [-0.3, -0.25) is 9.78 Å². The van der Waals surface area contributed by atoms with Crippen molar-refractivity contribution >= 4 is 23.2 Å². The molecule has 0 atom stereocenters. The summed E-state index contributed by atoms with van der Waals surface area (Å²) in [6, 6.07) is 8.62. The standard InChI is InChI=1S/C14H14ClN3O/c1-18(9-10-4-6-17-7-5-10)14(19)12-3-2-11(15)8-13(12)16/h2-8H,9,16H2,1H3. The smallest absolute Gasteiger partial charge is 0.255 e. The minimum atomic E-state index is -0.133. The number of nitrogen functional groups attached to an aromatic ring is 1. The molecule has 2 rings (SSSR count). The number of hydrogen-bond acceptors (Lipinski definition) is 3. The maximum Gasteiger partial charge on any atom is 0.255 e. The predicted octanol–water partition coefficient (Wildman–Crippen LogP) is 2.59. The third-order valence-corrected chi connectivity index (χ3v) is 2.99. The number of rotatable bonds is 3. The summed E-state index contributed by atoms with van der Waals surface area (Å²) in [5.74, 6) is -0.133. The summed E-state index contributed by atoms with van der Waals surface area (Å²) in [4.78, 5) is 17.8. The first-order chi connectivity index (χ1) is 9.08. The highest BCUT2D eigenvalue weighted by molar-refractivity contribution is 6.31. The Kier molecular flexibility index (Phi) is 4.02. The fourth-order valence-electron chi connectivity index (χ4n) is 1.77. The number of carbonyl (C=O) groups is 1. The first-order valence-corrected chi connectivity index (χ1v) is 6.15. The van der Waals surface area contributed by atoms with E-state index in [1.165, 1.54) is 0 Å². The van der Waals surface area contributed by atoms with Crippen LogP contribution in [0.2, 0.25) is 5.02 Å². The third-order valence-electron chi connectivity index (χ3n) is 2.76. The van der Waals surface area contributed by atoms with Gasteiger partial charge in [-0.1, -0.05) is 11.6 Å². The number of nitrogens with zero attached hydrogens (tertiary/aromatic N) is 2. The molecule has 4 nitrogen and oxygen atoms in total. The molecule has 0 bridgehead atoms. The van der Waals surface area contributed by atoms with Gasteiger partial charge in [-0.25, -0.2) is 0 Å². The van der Waals surface area contributed by atoms with Gasteiger partial charge in [0.2, 0.25) is 0 Å². The topological polar surface area (TPSA) is 59.2 Å². The molecule has 0 unspecified atom stereocenters. The summed E-state index contributed by atoms with van der Waals surface area (Å²) in [5.41, 5.74) is 7.67. The Labute approximate surface area is 116 Å². The van der Waals surface area contributed by atoms with Gasteiger partial charge < -0.3 is 10.6 Å². The van der Waals surface area contributed by atoms with Crippen LogP contribution >= 0.6 is 11.6 Å². The molecule has 0 saturated carbocycles. The lowest BCUT2D eigenvalue weighted by Gasteiger charge is -2.18. The Morgan fingerprint density at radius 1 is 1.32 bits per heavy atom. The van der Waals surface area contributed by atoms with E-state index in [0.717, 1.165) is 5.56 Å². The predicted molar refractivity (Wildman–Crippen MR) is 75.9 cm³/mol. The van der Waals surface area contributed by atoms with E-state index in [0.29, 0.717) is 22.8 Å². The SMILES string of the molecule is CN(Cc1ccncc1)C(=O)c1ccc(Cl)cc1N. The molecule has 0 saturated heterocycles. The van der Waals surface area contributed by atoms with Gasteiger partial charge in [-0.15, -0.1) is 0 Å². The monoisotopic (exact) mass is 275 g/mol. The largest absolute Gasteiger partial charge is 0.398 e. The minimum absolute atomic E-state index is 0.133. The van der Waals surface area contributed by atoms with Crippen LogP contribution in [0, 0.1) is 0 Å². The molecule has 0 fully saturated rings. The summed E-state index contributed by atoms with van der Waals surface area (Å²) in [6.45, 7) is 0.503. The fraction of sp³-hybridized carbons (Fsp3) is 0.143. The van der Waals surface area contributed by atoms with E-state index in [2.05, 4.69) is 4.98 Å². The van der Waals surface area contributed by atoms with Gasteiger partial charge in [0, 0.05) is 36.7 Å². The lowest BCUT2D eigenvalue weighted by Crippen LogP contribution is -2.26. The molecule has 0 aliphatic heterocycles. The number of hydrogen-bond donors (Lipinski definition) is 1. The molecule has 19 heavy (non-hydrogen) atoms. The summed E-state index contributed by atoms with van der Waals surface area (Å²) in [7, 11) is 1.73. The third kappa shape index (κ3) is 3.23. The van der Waals surface area contributed by atoms with E-state index in [9.17, 15) is 4.79 Å². The van der Waals surface area contributed by atoms with Crippen LogP contribution in [0.1, 0.15) is 15.9 Å². The van der Waals surface area contributed by atoms with E-state index >= 15 is 0 Å². The number of aromatic nitrogens is 1. The first-order valence-electron chi connectivity index (χ1n) is 5.77. The minimum Gasteiger partial charge on any atom is -0.398 e. The van der Waals surface area contributed by atoms with Gasteiger partial charge in [0.05, 0.1) is 5.56 Å². The van der Waals surface area contributed by atoms with Crippen LogP contribution in [0.4, 0.5) is 5.69 Å². The van der Waals surface area contributed by atoms with Crippen molar-refractivity contribution in [1.29, 1.82) is 0 Å². The van der Waals surface area contributed by atoms with Gasteiger partial charge in [0.1, 0.15) is 0 Å². The maximum absolute atomic E-state index is 12.3. The number of amides is 1. The quantitative estimate of drug-likeness (QED) is 0.876. The second-order valence-electron chi connectivity index (χ2n) is 4.25. The second kappa shape index (κ2) is 5.71. The van der Waals surface area contributed by atoms with Gasteiger partial charge in [-0.05, 0) is 35.9 Å². The van der Waals surface area contributed by atoms with Crippen LogP contribution < -0.4 is 5.73 Å². The van der Waals surface area contributed by atoms with E-state index in [1.807, 2.05) is 12.1 Å². The molecule has 0 spiro atoms. The van der Waals surface area contributed by atoms with Crippen LogP contribution in [-0.4, -0.2) is 22.8 Å². The van der Waals surface area contributed by atoms with E-state index < -0.39 is 0 Å². The number of pyridine rings is 1. The first kappa shape index (κ1) is 13.4. The summed E-state index contributed by atoms with van der Waals surface area (Å²) in [5, 5.41) is 0.519. The Hall–Kier alpha value is -2.07. The molecule has 1 heterocycles. The van der Waals surface area contributed by atoms with E-state index in [-0.39, 0.29) is 5.91 Å². The van der Waals surface area contributed by atoms with Gasteiger partial charge in [0.25, 0.3) is 5.91 Å². The molecule has 98 valence electrons. The van der Waals surface area contributed by atoms with Crippen molar-refractivity contribution in [3.8, 4) is 0 Å². The Morgan fingerprint density at radius 3 is 2.63 bits per heavy atom. The molecule has 0 aliphatic rings. The van der Waals surface area contributed by atoms with Crippen molar-refractivity contribution in [3.63, 3.8) is 0 Å².